The predicted octanol–water partition coefficient (Wildman–Crippen LogP) is 3.99. The van der Waals surface area contributed by atoms with Gasteiger partial charge in [-0.1, -0.05) is 33.6 Å². The van der Waals surface area contributed by atoms with Gasteiger partial charge >= 0.3 is 0 Å². The third kappa shape index (κ3) is 6.24. The number of hydrogen-bond acceptors (Lipinski definition) is 5. The number of ether oxygens (including phenoxy) is 1. The Morgan fingerprint density at radius 2 is 1.96 bits per heavy atom. The van der Waals surface area contributed by atoms with Crippen LogP contribution in [0.15, 0.2) is 39.9 Å². The normalized spacial score (nSPS) is 10.7. The Bertz CT molecular complexity index is 918. The van der Waals surface area contributed by atoms with Crippen LogP contribution in [0.5, 0.6) is 11.5 Å². The van der Waals surface area contributed by atoms with Gasteiger partial charge in [0.15, 0.2) is 11.5 Å². The van der Waals surface area contributed by atoms with Crippen molar-refractivity contribution in [2.75, 3.05) is 12.4 Å². The highest BCUT2D eigenvalue weighted by atomic mass is 79.9. The van der Waals surface area contributed by atoms with Crippen molar-refractivity contribution in [3.8, 4) is 11.5 Å². The number of nitrogens with zero attached hydrogens (tertiary/aromatic N) is 1. The van der Waals surface area contributed by atoms with Crippen molar-refractivity contribution in [3.63, 3.8) is 0 Å². The van der Waals surface area contributed by atoms with Crippen molar-refractivity contribution < 1.29 is 19.4 Å². The van der Waals surface area contributed by atoms with Crippen LogP contribution in [0.4, 0.5) is 5.69 Å². The van der Waals surface area contributed by atoms with Gasteiger partial charge in [0.2, 0.25) is 11.8 Å². The SMILES string of the molecule is COc1cc(Br)cc(/C=N/NC(=O)CCC(=O)Nc2ccc(C)c(Cl)c2)c1O. The summed E-state index contributed by atoms with van der Waals surface area (Å²) in [6, 6.07) is 8.41. The van der Waals surface area contributed by atoms with Crippen LogP contribution >= 0.6 is 27.5 Å². The molecule has 0 radical (unpaired) electrons. The van der Waals surface area contributed by atoms with Crippen molar-refractivity contribution in [3.05, 3.63) is 51.0 Å². The number of carbonyl (C=O) groups is 2. The third-order valence-corrected chi connectivity index (χ3v) is 4.58. The molecule has 0 aliphatic rings. The van der Waals surface area contributed by atoms with Gasteiger partial charge in [-0.3, -0.25) is 9.59 Å². The van der Waals surface area contributed by atoms with Crippen molar-refractivity contribution in [1.82, 2.24) is 5.43 Å². The number of methoxy groups -OCH3 is 1. The number of amides is 2. The van der Waals surface area contributed by atoms with E-state index in [1.165, 1.54) is 13.3 Å². The Morgan fingerprint density at radius 1 is 1.25 bits per heavy atom. The zero-order valence-electron chi connectivity index (χ0n) is 15.3. The van der Waals surface area contributed by atoms with Crippen LogP contribution in [0.25, 0.3) is 0 Å². The molecule has 0 atom stereocenters. The molecule has 2 aromatic rings. The van der Waals surface area contributed by atoms with E-state index in [-0.39, 0.29) is 30.2 Å². The molecular weight excluding hydrogens is 450 g/mol. The Morgan fingerprint density at radius 3 is 2.64 bits per heavy atom. The number of carbonyl (C=O) groups excluding carboxylic acids is 2. The lowest BCUT2D eigenvalue weighted by Gasteiger charge is -2.07. The number of hydrogen-bond donors (Lipinski definition) is 3. The molecule has 9 heteroatoms. The second kappa shape index (κ2) is 10.1. The monoisotopic (exact) mass is 467 g/mol. The number of benzene rings is 2. The maximum atomic E-state index is 11.9. The molecule has 0 aliphatic heterocycles. The lowest BCUT2D eigenvalue weighted by molar-refractivity contribution is -0.124. The molecule has 0 unspecified atom stereocenters. The van der Waals surface area contributed by atoms with E-state index in [1.54, 1.807) is 30.3 Å². The number of anilines is 1. The van der Waals surface area contributed by atoms with Gasteiger partial charge in [0.1, 0.15) is 0 Å². The van der Waals surface area contributed by atoms with Crippen LogP contribution in [0, 0.1) is 6.92 Å². The fourth-order valence-electron chi connectivity index (χ4n) is 2.20. The first-order valence-electron chi connectivity index (χ1n) is 8.24. The fraction of sp³-hybridized carbons (Fsp3) is 0.211. The summed E-state index contributed by atoms with van der Waals surface area (Å²) >= 11 is 9.30. The van der Waals surface area contributed by atoms with Gasteiger partial charge < -0.3 is 15.2 Å². The topological polar surface area (TPSA) is 100 Å². The van der Waals surface area contributed by atoms with Gasteiger partial charge in [-0.25, -0.2) is 5.43 Å². The van der Waals surface area contributed by atoms with Crippen LogP contribution in [0.2, 0.25) is 5.02 Å². The van der Waals surface area contributed by atoms with Crippen LogP contribution in [-0.4, -0.2) is 30.2 Å². The van der Waals surface area contributed by atoms with Gasteiger partial charge in [-0.05, 0) is 36.8 Å². The Kier molecular flexibility index (Phi) is 7.83. The predicted molar refractivity (Wildman–Crippen MR) is 112 cm³/mol. The molecule has 0 heterocycles. The van der Waals surface area contributed by atoms with Crippen LogP contribution in [-0.2, 0) is 9.59 Å². The van der Waals surface area contributed by atoms with Gasteiger partial charge in [0.05, 0.1) is 13.3 Å². The van der Waals surface area contributed by atoms with Crippen molar-refractivity contribution in [2.45, 2.75) is 19.8 Å². The number of hydrazone groups is 1. The quantitative estimate of drug-likeness (QED) is 0.422. The lowest BCUT2D eigenvalue weighted by Crippen LogP contribution is -2.20. The van der Waals surface area contributed by atoms with E-state index in [4.69, 9.17) is 16.3 Å². The fourth-order valence-corrected chi connectivity index (χ4v) is 2.83. The summed E-state index contributed by atoms with van der Waals surface area (Å²) in [6.45, 7) is 1.86. The summed E-state index contributed by atoms with van der Waals surface area (Å²) in [5, 5.41) is 17.0. The maximum Gasteiger partial charge on any atom is 0.240 e. The molecule has 28 heavy (non-hydrogen) atoms. The average Bonchev–Trinajstić information content (AvgIpc) is 2.65. The summed E-state index contributed by atoms with van der Waals surface area (Å²) in [7, 11) is 1.43. The van der Waals surface area contributed by atoms with Crippen molar-refractivity contribution in [1.29, 1.82) is 0 Å². The number of phenolic OH excluding ortho intramolecular Hbond substituents is 1. The van der Waals surface area contributed by atoms with Crippen molar-refractivity contribution in [2.24, 2.45) is 5.10 Å². The van der Waals surface area contributed by atoms with Gasteiger partial charge in [-0.2, -0.15) is 5.10 Å². The molecule has 0 saturated carbocycles. The first kappa shape index (κ1) is 21.7. The van der Waals surface area contributed by atoms with Gasteiger partial charge in [0, 0.05) is 33.6 Å². The highest BCUT2D eigenvalue weighted by molar-refractivity contribution is 9.10. The van der Waals surface area contributed by atoms with E-state index in [0.29, 0.717) is 20.7 Å². The van der Waals surface area contributed by atoms with E-state index in [0.717, 1.165) is 5.56 Å². The van der Waals surface area contributed by atoms with Gasteiger partial charge in [-0.15, -0.1) is 0 Å². The van der Waals surface area contributed by atoms with E-state index in [9.17, 15) is 14.7 Å². The van der Waals surface area contributed by atoms with Crippen molar-refractivity contribution >= 4 is 51.2 Å². The molecule has 3 N–H and O–H groups in total. The highest BCUT2D eigenvalue weighted by Gasteiger charge is 2.10. The van der Waals surface area contributed by atoms with E-state index < -0.39 is 5.91 Å². The smallest absolute Gasteiger partial charge is 0.240 e. The standard InChI is InChI=1S/C19H19BrClN3O4/c1-11-3-4-14(9-15(11)21)23-17(25)5-6-18(26)24-22-10-12-7-13(20)8-16(28-2)19(12)27/h3-4,7-10,27H,5-6H2,1-2H3,(H,23,25)(H,24,26)/b22-10+. The molecule has 0 fully saturated rings. The highest BCUT2D eigenvalue weighted by Crippen LogP contribution is 2.32. The maximum absolute atomic E-state index is 11.9. The Balaban J connectivity index is 1.84. The van der Waals surface area contributed by atoms with Crippen LogP contribution < -0.4 is 15.5 Å². The third-order valence-electron chi connectivity index (χ3n) is 3.72. The number of halogens is 2. The minimum Gasteiger partial charge on any atom is -0.504 e. The minimum absolute atomic E-state index is 0.0111. The second-order valence-corrected chi connectivity index (χ2v) is 7.17. The molecular formula is C19H19BrClN3O4. The molecule has 2 aromatic carbocycles. The molecule has 7 nitrogen and oxygen atoms in total. The lowest BCUT2D eigenvalue weighted by atomic mass is 10.2. The molecule has 0 bridgehead atoms. The second-order valence-electron chi connectivity index (χ2n) is 5.85. The molecule has 0 spiro atoms. The molecule has 148 valence electrons. The van der Waals surface area contributed by atoms with Crippen LogP contribution in [0.3, 0.4) is 0 Å². The molecule has 2 amide bonds. The van der Waals surface area contributed by atoms with E-state index in [2.05, 4.69) is 31.8 Å². The zero-order chi connectivity index (χ0) is 20.7. The summed E-state index contributed by atoms with van der Waals surface area (Å²) in [5.41, 5.74) is 4.15. The molecule has 0 aromatic heterocycles. The van der Waals surface area contributed by atoms with E-state index >= 15 is 0 Å². The Hall–Kier alpha value is -2.58. The minimum atomic E-state index is -0.435. The van der Waals surface area contributed by atoms with Crippen LogP contribution in [0.1, 0.15) is 24.0 Å². The number of rotatable bonds is 7. The molecule has 2 rings (SSSR count). The molecule has 0 aliphatic carbocycles. The summed E-state index contributed by atoms with van der Waals surface area (Å²) in [4.78, 5) is 23.8. The summed E-state index contributed by atoms with van der Waals surface area (Å²) in [6.07, 6.45) is 1.23. The molecule has 0 saturated heterocycles. The van der Waals surface area contributed by atoms with Gasteiger partial charge in [0.25, 0.3) is 0 Å². The number of nitrogens with one attached hydrogen (secondary N) is 2. The van der Waals surface area contributed by atoms with E-state index in [1.807, 2.05) is 6.92 Å². The first-order chi connectivity index (χ1) is 13.3. The Labute approximate surface area is 175 Å². The number of aryl methyl sites for hydroxylation is 1. The average molecular weight is 469 g/mol. The summed E-state index contributed by atoms with van der Waals surface area (Å²) < 4.78 is 5.72. The number of aromatic hydroxyl groups is 1. The largest absolute Gasteiger partial charge is 0.504 e. The zero-order valence-corrected chi connectivity index (χ0v) is 17.6. The first-order valence-corrected chi connectivity index (χ1v) is 9.41. The summed E-state index contributed by atoms with van der Waals surface area (Å²) in [5.74, 6) is -0.571. The number of phenols is 1.